The van der Waals surface area contributed by atoms with Crippen LogP contribution in [0.5, 0.6) is 0 Å². The molecule has 0 amide bonds. The summed E-state index contributed by atoms with van der Waals surface area (Å²) in [5.41, 5.74) is 0. The first kappa shape index (κ1) is 11.9. The Balaban J connectivity index is 1.80. The fourth-order valence-corrected chi connectivity index (χ4v) is 2.79. The van der Waals surface area contributed by atoms with Crippen molar-refractivity contribution in [1.82, 2.24) is 0 Å². The highest BCUT2D eigenvalue weighted by molar-refractivity contribution is 5.74. The summed E-state index contributed by atoms with van der Waals surface area (Å²) in [5, 5.41) is 0. The number of carbonyl (C=O) groups is 1. The summed E-state index contributed by atoms with van der Waals surface area (Å²) in [6.07, 6.45) is 3.46. The molecule has 0 saturated carbocycles. The summed E-state index contributed by atoms with van der Waals surface area (Å²) < 4.78 is 11.1. The number of rotatable bonds is 4. The van der Waals surface area contributed by atoms with Gasteiger partial charge < -0.3 is 14.4 Å². The van der Waals surface area contributed by atoms with Gasteiger partial charge in [0.25, 0.3) is 0 Å². The van der Waals surface area contributed by atoms with Crippen LogP contribution in [0.25, 0.3) is 0 Å². The normalized spacial score (nSPS) is 34.4. The highest BCUT2D eigenvalue weighted by Gasteiger charge is 2.45. The van der Waals surface area contributed by atoms with Gasteiger partial charge in [0.05, 0.1) is 32.2 Å². The number of quaternary nitrogens is 1. The van der Waals surface area contributed by atoms with Crippen LogP contribution in [0, 0.1) is 5.92 Å². The molecule has 2 fully saturated rings. The lowest BCUT2D eigenvalue weighted by Gasteiger charge is -2.21. The number of likely N-dealkylation sites (N-methyl/N-ethyl adjacent to an activating group) is 1. The van der Waals surface area contributed by atoms with Gasteiger partial charge >= 0.3 is 5.97 Å². The van der Waals surface area contributed by atoms with Crippen molar-refractivity contribution in [1.29, 1.82) is 0 Å². The van der Waals surface area contributed by atoms with E-state index in [0.29, 0.717) is 6.10 Å². The second-order valence-corrected chi connectivity index (χ2v) is 5.37. The van der Waals surface area contributed by atoms with Gasteiger partial charge in [-0.15, -0.1) is 0 Å². The number of ether oxygens (including phenoxy) is 2. The average molecular weight is 228 g/mol. The second-order valence-electron chi connectivity index (χ2n) is 5.37. The Hall–Kier alpha value is -0.610. The van der Waals surface area contributed by atoms with E-state index in [1.54, 1.807) is 0 Å². The molecule has 2 heterocycles. The van der Waals surface area contributed by atoms with E-state index in [9.17, 15) is 4.79 Å². The van der Waals surface area contributed by atoms with Crippen LogP contribution in [-0.4, -0.2) is 44.9 Å². The highest BCUT2D eigenvalue weighted by atomic mass is 16.6. The van der Waals surface area contributed by atoms with Gasteiger partial charge in [0.15, 0.2) is 0 Å². The summed E-state index contributed by atoms with van der Waals surface area (Å²) in [7, 11) is 4.12. The van der Waals surface area contributed by atoms with E-state index >= 15 is 0 Å². The third kappa shape index (κ3) is 2.55. The molecule has 4 heteroatoms. The first-order valence-electron chi connectivity index (χ1n) is 6.21. The lowest BCUT2D eigenvalue weighted by molar-refractivity contribution is -0.861. The summed E-state index contributed by atoms with van der Waals surface area (Å²) >= 11 is 0. The standard InChI is InChI=1S/C12H21NO3/c1-8(7-13(2)3)15-12(14)10-6-9-4-5-11(10)16-9/h8-11H,4-7H2,1-3H3/p+1. The molecule has 1 N–H and O–H groups in total. The Morgan fingerprint density at radius 3 is 2.75 bits per heavy atom. The van der Waals surface area contributed by atoms with Crippen LogP contribution >= 0.6 is 0 Å². The predicted octanol–water partition coefficient (Wildman–Crippen LogP) is -0.370. The van der Waals surface area contributed by atoms with Crippen molar-refractivity contribution in [2.24, 2.45) is 5.92 Å². The number of hydrogen-bond acceptors (Lipinski definition) is 3. The van der Waals surface area contributed by atoms with Crippen molar-refractivity contribution in [3.05, 3.63) is 0 Å². The number of nitrogens with one attached hydrogen (secondary N) is 1. The van der Waals surface area contributed by atoms with Gasteiger partial charge in [0.2, 0.25) is 0 Å². The molecule has 0 aromatic rings. The van der Waals surface area contributed by atoms with Crippen molar-refractivity contribution in [2.45, 2.75) is 44.5 Å². The van der Waals surface area contributed by atoms with E-state index in [4.69, 9.17) is 9.47 Å². The van der Waals surface area contributed by atoms with E-state index in [2.05, 4.69) is 14.1 Å². The van der Waals surface area contributed by atoms with Crippen LogP contribution in [0.1, 0.15) is 26.2 Å². The monoisotopic (exact) mass is 228 g/mol. The largest absolute Gasteiger partial charge is 0.456 e. The molecule has 4 atom stereocenters. The van der Waals surface area contributed by atoms with Gasteiger partial charge in [-0.3, -0.25) is 4.79 Å². The Morgan fingerprint density at radius 1 is 1.50 bits per heavy atom. The molecule has 2 aliphatic rings. The molecule has 4 nitrogen and oxygen atoms in total. The fourth-order valence-electron chi connectivity index (χ4n) is 2.79. The van der Waals surface area contributed by atoms with E-state index in [1.807, 2.05) is 6.92 Å². The van der Waals surface area contributed by atoms with Gasteiger partial charge in [-0.2, -0.15) is 0 Å². The Bertz CT molecular complexity index is 267. The summed E-state index contributed by atoms with van der Waals surface area (Å²) in [6.45, 7) is 2.81. The van der Waals surface area contributed by atoms with Crippen LogP contribution in [0.3, 0.4) is 0 Å². The molecule has 4 unspecified atom stereocenters. The first-order chi connectivity index (χ1) is 7.56. The zero-order valence-electron chi connectivity index (χ0n) is 10.4. The van der Waals surface area contributed by atoms with E-state index in [0.717, 1.165) is 25.8 Å². The number of carbonyl (C=O) groups excluding carboxylic acids is 1. The maximum absolute atomic E-state index is 11.9. The molecule has 2 aliphatic heterocycles. The van der Waals surface area contributed by atoms with Gasteiger partial charge in [0.1, 0.15) is 12.6 Å². The molecule has 16 heavy (non-hydrogen) atoms. The molecule has 0 aromatic carbocycles. The summed E-state index contributed by atoms with van der Waals surface area (Å²) in [4.78, 5) is 13.2. The second kappa shape index (κ2) is 4.72. The van der Waals surface area contributed by atoms with Crippen molar-refractivity contribution in [2.75, 3.05) is 20.6 Å². The molecule has 2 saturated heterocycles. The topological polar surface area (TPSA) is 40.0 Å². The van der Waals surface area contributed by atoms with Crippen molar-refractivity contribution < 1.29 is 19.2 Å². The maximum atomic E-state index is 11.9. The van der Waals surface area contributed by atoms with Gasteiger partial charge in [-0.05, 0) is 26.2 Å². The number of hydrogen-bond donors (Lipinski definition) is 1. The molecule has 2 rings (SSSR count). The Labute approximate surface area is 96.9 Å². The zero-order chi connectivity index (χ0) is 11.7. The average Bonchev–Trinajstić information content (AvgIpc) is 2.76. The molecule has 0 aromatic heterocycles. The fraction of sp³-hybridized carbons (Fsp3) is 0.917. The first-order valence-corrected chi connectivity index (χ1v) is 6.21. The minimum atomic E-state index is -0.0547. The predicted molar refractivity (Wildman–Crippen MR) is 59.2 cm³/mol. The van der Waals surface area contributed by atoms with E-state index < -0.39 is 0 Å². The molecular formula is C12H22NO3+. The quantitative estimate of drug-likeness (QED) is 0.667. The van der Waals surface area contributed by atoms with Gasteiger partial charge in [-0.25, -0.2) is 0 Å². The minimum Gasteiger partial charge on any atom is -0.456 e. The number of esters is 1. The van der Waals surface area contributed by atoms with Crippen LogP contribution in [0.15, 0.2) is 0 Å². The van der Waals surface area contributed by atoms with E-state index in [1.165, 1.54) is 4.90 Å². The lowest BCUT2D eigenvalue weighted by Crippen LogP contribution is -3.07. The van der Waals surface area contributed by atoms with Crippen LogP contribution in [0.2, 0.25) is 0 Å². The summed E-state index contributed by atoms with van der Waals surface area (Å²) in [6, 6.07) is 0. The van der Waals surface area contributed by atoms with Crippen molar-refractivity contribution >= 4 is 5.97 Å². The van der Waals surface area contributed by atoms with Crippen LogP contribution < -0.4 is 4.90 Å². The van der Waals surface area contributed by atoms with Gasteiger partial charge in [-0.1, -0.05) is 0 Å². The molecule has 92 valence electrons. The SMILES string of the molecule is CC(C[NH+](C)C)OC(=O)C1CC2CCC1O2. The minimum absolute atomic E-state index is 0.00152. The van der Waals surface area contributed by atoms with E-state index in [-0.39, 0.29) is 24.1 Å². The van der Waals surface area contributed by atoms with Crippen molar-refractivity contribution in [3.63, 3.8) is 0 Å². The van der Waals surface area contributed by atoms with Crippen LogP contribution in [0.4, 0.5) is 0 Å². The third-order valence-corrected chi connectivity index (χ3v) is 3.42. The Kier molecular flexibility index (Phi) is 3.50. The molecule has 0 radical (unpaired) electrons. The molecular weight excluding hydrogens is 206 g/mol. The van der Waals surface area contributed by atoms with Crippen molar-refractivity contribution in [3.8, 4) is 0 Å². The maximum Gasteiger partial charge on any atom is 0.312 e. The molecule has 0 spiro atoms. The zero-order valence-corrected chi connectivity index (χ0v) is 10.4. The lowest BCUT2D eigenvalue weighted by atomic mass is 9.89. The molecule has 2 bridgehead atoms. The number of fused-ring (bicyclic) bond motifs is 2. The van der Waals surface area contributed by atoms with Gasteiger partial charge in [0, 0.05) is 0 Å². The smallest absolute Gasteiger partial charge is 0.312 e. The molecule has 0 aliphatic carbocycles. The highest BCUT2D eigenvalue weighted by Crippen LogP contribution is 2.39. The third-order valence-electron chi connectivity index (χ3n) is 3.42. The Morgan fingerprint density at radius 2 is 2.25 bits per heavy atom. The van der Waals surface area contributed by atoms with Crippen LogP contribution in [-0.2, 0) is 14.3 Å². The summed E-state index contributed by atoms with van der Waals surface area (Å²) in [5.74, 6) is -0.0562.